The van der Waals surface area contributed by atoms with Crippen LogP contribution in [-0.2, 0) is 9.84 Å². The molecule has 2 aliphatic carbocycles. The normalized spacial score (nSPS) is 20.4. The first kappa shape index (κ1) is 16.5. The Kier molecular flexibility index (Phi) is 4.73. The molecule has 2 aliphatic rings. The number of hydrogen-bond donors (Lipinski definition) is 2. The van der Waals surface area contributed by atoms with E-state index in [1.54, 1.807) is 24.3 Å². The smallest absolute Gasteiger partial charge is 0.251 e. The highest BCUT2D eigenvalue weighted by molar-refractivity contribution is 7.92. The Hall–Kier alpha value is -1.40. The predicted molar refractivity (Wildman–Crippen MR) is 88.9 cm³/mol. The quantitative estimate of drug-likeness (QED) is 0.830. The first-order valence-electron chi connectivity index (χ1n) is 8.36. The third kappa shape index (κ3) is 3.75. The number of hydrogen-bond acceptors (Lipinski definition) is 4. The molecule has 1 unspecified atom stereocenters. The van der Waals surface area contributed by atoms with E-state index in [2.05, 4.69) is 5.32 Å². The lowest BCUT2D eigenvalue weighted by molar-refractivity contribution is 0.0950. The average molecular weight is 336 g/mol. The van der Waals surface area contributed by atoms with Crippen molar-refractivity contribution in [1.29, 1.82) is 0 Å². The number of nitrogens with two attached hydrogens (primary N) is 1. The molecule has 1 aromatic rings. The molecular weight excluding hydrogens is 312 g/mol. The number of nitrogens with one attached hydrogen (secondary N) is 1. The average Bonchev–Trinajstić information content (AvgIpc) is 3.26. The van der Waals surface area contributed by atoms with E-state index in [1.165, 1.54) is 0 Å². The minimum Gasteiger partial charge on any atom is -0.350 e. The van der Waals surface area contributed by atoms with Crippen LogP contribution in [0.25, 0.3) is 0 Å². The van der Waals surface area contributed by atoms with Gasteiger partial charge in [0.05, 0.1) is 10.1 Å². The summed E-state index contributed by atoms with van der Waals surface area (Å²) in [6.07, 6.45) is 5.72. The fourth-order valence-corrected chi connectivity index (χ4v) is 5.05. The lowest BCUT2D eigenvalue weighted by atomic mass is 10.2. The maximum Gasteiger partial charge on any atom is 0.251 e. The van der Waals surface area contributed by atoms with E-state index in [1.807, 2.05) is 0 Å². The van der Waals surface area contributed by atoms with Crippen LogP contribution < -0.4 is 11.1 Å². The van der Waals surface area contributed by atoms with Crippen LogP contribution in [0.3, 0.4) is 0 Å². The van der Waals surface area contributed by atoms with Crippen LogP contribution in [0, 0.1) is 5.92 Å². The molecule has 23 heavy (non-hydrogen) atoms. The van der Waals surface area contributed by atoms with E-state index < -0.39 is 9.84 Å². The second-order valence-electron chi connectivity index (χ2n) is 6.69. The highest BCUT2D eigenvalue weighted by Crippen LogP contribution is 2.31. The van der Waals surface area contributed by atoms with Crippen molar-refractivity contribution in [2.45, 2.75) is 54.7 Å². The van der Waals surface area contributed by atoms with Gasteiger partial charge in [-0.05, 0) is 55.9 Å². The summed E-state index contributed by atoms with van der Waals surface area (Å²) in [5, 5.41) is 2.55. The monoisotopic (exact) mass is 336 g/mol. The molecule has 126 valence electrons. The van der Waals surface area contributed by atoms with Gasteiger partial charge in [0, 0.05) is 18.2 Å². The number of carbonyl (C=O) groups excluding carboxylic acids is 1. The Morgan fingerprint density at radius 3 is 2.30 bits per heavy atom. The third-order valence-corrected chi connectivity index (χ3v) is 7.19. The van der Waals surface area contributed by atoms with Crippen LogP contribution in [0.15, 0.2) is 29.2 Å². The molecule has 1 aromatic carbocycles. The van der Waals surface area contributed by atoms with Crippen LogP contribution >= 0.6 is 0 Å². The van der Waals surface area contributed by atoms with Gasteiger partial charge in [0.25, 0.3) is 5.91 Å². The molecule has 3 N–H and O–H groups in total. The van der Waals surface area contributed by atoms with Gasteiger partial charge in [-0.2, -0.15) is 0 Å². The number of benzene rings is 1. The van der Waals surface area contributed by atoms with Crippen LogP contribution in [-0.4, -0.2) is 32.2 Å². The summed E-state index contributed by atoms with van der Waals surface area (Å²) >= 11 is 0. The molecule has 5 nitrogen and oxygen atoms in total. The summed E-state index contributed by atoms with van der Waals surface area (Å²) in [5.74, 6) is 0.333. The van der Waals surface area contributed by atoms with Crippen molar-refractivity contribution in [3.8, 4) is 0 Å². The highest BCUT2D eigenvalue weighted by Gasteiger charge is 2.30. The summed E-state index contributed by atoms with van der Waals surface area (Å²) in [6, 6.07) is 6.27. The number of amides is 1. The topological polar surface area (TPSA) is 89.3 Å². The lowest BCUT2D eigenvalue weighted by Crippen LogP contribution is -2.38. The van der Waals surface area contributed by atoms with Crippen LogP contribution in [0.5, 0.6) is 0 Å². The Labute approximate surface area is 137 Å². The number of carbonyl (C=O) groups is 1. The van der Waals surface area contributed by atoms with Crippen molar-refractivity contribution < 1.29 is 13.2 Å². The maximum absolute atomic E-state index is 12.5. The zero-order valence-corrected chi connectivity index (χ0v) is 14.0. The van der Waals surface area contributed by atoms with E-state index in [0.717, 1.165) is 38.5 Å². The molecule has 2 fully saturated rings. The molecule has 1 amide bonds. The minimum atomic E-state index is -3.26. The van der Waals surface area contributed by atoms with Gasteiger partial charge in [-0.1, -0.05) is 12.8 Å². The fraction of sp³-hybridized carbons (Fsp3) is 0.588. The standard InChI is InChI=1S/C17H24N2O3S/c18-16(12-5-6-12)11-19-17(20)13-7-9-15(10-8-13)23(21,22)14-3-1-2-4-14/h7-10,12,14,16H,1-6,11,18H2,(H,19,20). The molecule has 0 heterocycles. The van der Waals surface area contributed by atoms with Gasteiger partial charge in [-0.25, -0.2) is 8.42 Å². The molecule has 6 heteroatoms. The number of sulfone groups is 1. The van der Waals surface area contributed by atoms with Gasteiger partial charge in [-0.3, -0.25) is 4.79 Å². The van der Waals surface area contributed by atoms with Gasteiger partial charge >= 0.3 is 0 Å². The molecule has 2 saturated carbocycles. The molecule has 0 saturated heterocycles. The molecular formula is C17H24N2O3S. The zero-order chi connectivity index (χ0) is 16.4. The molecule has 3 rings (SSSR count). The van der Waals surface area contributed by atoms with Crippen molar-refractivity contribution in [3.05, 3.63) is 29.8 Å². The largest absolute Gasteiger partial charge is 0.350 e. The maximum atomic E-state index is 12.5. The lowest BCUT2D eigenvalue weighted by Gasteiger charge is -2.13. The predicted octanol–water partition coefficient (Wildman–Crippen LogP) is 1.87. The van der Waals surface area contributed by atoms with Crippen molar-refractivity contribution >= 4 is 15.7 Å². The summed E-state index contributed by atoms with van der Waals surface area (Å²) in [7, 11) is -3.26. The molecule has 0 aromatic heterocycles. The van der Waals surface area contributed by atoms with Crippen molar-refractivity contribution in [3.63, 3.8) is 0 Å². The molecule has 0 aliphatic heterocycles. The van der Waals surface area contributed by atoms with E-state index in [-0.39, 0.29) is 17.2 Å². The minimum absolute atomic E-state index is 0.0148. The zero-order valence-electron chi connectivity index (χ0n) is 13.2. The van der Waals surface area contributed by atoms with Crippen molar-refractivity contribution in [2.24, 2.45) is 11.7 Å². The summed E-state index contributed by atoms with van der Waals surface area (Å²) in [4.78, 5) is 12.4. The van der Waals surface area contributed by atoms with E-state index in [9.17, 15) is 13.2 Å². The first-order chi connectivity index (χ1) is 11.0. The van der Waals surface area contributed by atoms with Crippen molar-refractivity contribution in [2.75, 3.05) is 6.54 Å². The van der Waals surface area contributed by atoms with Gasteiger partial charge in [0.2, 0.25) is 0 Å². The van der Waals surface area contributed by atoms with E-state index in [4.69, 9.17) is 5.73 Å². The Balaban J connectivity index is 1.63. The van der Waals surface area contributed by atoms with Crippen LogP contribution in [0.2, 0.25) is 0 Å². The van der Waals surface area contributed by atoms with Crippen LogP contribution in [0.4, 0.5) is 0 Å². The molecule has 0 spiro atoms. The van der Waals surface area contributed by atoms with E-state index >= 15 is 0 Å². The highest BCUT2D eigenvalue weighted by atomic mass is 32.2. The van der Waals surface area contributed by atoms with Gasteiger partial charge in [-0.15, -0.1) is 0 Å². The first-order valence-corrected chi connectivity index (χ1v) is 9.91. The Morgan fingerprint density at radius 1 is 1.13 bits per heavy atom. The fourth-order valence-electron chi connectivity index (χ4n) is 3.19. The van der Waals surface area contributed by atoms with Crippen LogP contribution in [0.1, 0.15) is 48.9 Å². The van der Waals surface area contributed by atoms with E-state index in [0.29, 0.717) is 22.9 Å². The third-order valence-electron chi connectivity index (χ3n) is 4.91. The second-order valence-corrected chi connectivity index (χ2v) is 8.92. The van der Waals surface area contributed by atoms with Gasteiger partial charge in [0.15, 0.2) is 9.84 Å². The van der Waals surface area contributed by atoms with Gasteiger partial charge < -0.3 is 11.1 Å². The molecule has 0 bridgehead atoms. The Bertz CT molecular complexity index is 660. The Morgan fingerprint density at radius 2 is 1.74 bits per heavy atom. The van der Waals surface area contributed by atoms with Gasteiger partial charge in [0.1, 0.15) is 0 Å². The van der Waals surface area contributed by atoms with Crippen molar-refractivity contribution in [1.82, 2.24) is 5.32 Å². The number of rotatable bonds is 6. The molecule has 1 atom stereocenters. The molecule has 0 radical (unpaired) electrons. The summed E-state index contributed by atoms with van der Waals surface area (Å²) in [5.41, 5.74) is 6.43. The summed E-state index contributed by atoms with van der Waals surface area (Å²) < 4.78 is 25.0. The SMILES string of the molecule is NC(CNC(=O)c1ccc(S(=O)(=O)C2CCCC2)cc1)C1CC1. The second kappa shape index (κ2) is 6.61. The summed E-state index contributed by atoms with van der Waals surface area (Å²) in [6.45, 7) is 0.464.